The molecule has 11 heteroatoms. The van der Waals surface area contributed by atoms with Crippen molar-refractivity contribution in [2.75, 3.05) is 19.0 Å². The lowest BCUT2D eigenvalue weighted by Gasteiger charge is -2.45. The Morgan fingerprint density at radius 1 is 0.955 bits per heavy atom. The second-order valence-electron chi connectivity index (χ2n) is 19.0. The van der Waals surface area contributed by atoms with Crippen molar-refractivity contribution in [2.45, 2.75) is 95.0 Å². The van der Waals surface area contributed by atoms with E-state index in [2.05, 4.69) is 30.5 Å². The first-order chi connectivity index (χ1) is 32.0. The predicted octanol–water partition coefficient (Wildman–Crippen LogP) is 10.3. The third-order valence-electron chi connectivity index (χ3n) is 14.7. The van der Waals surface area contributed by atoms with Crippen molar-refractivity contribution < 1.29 is 39.8 Å². The molecule has 6 N–H and O–H groups in total. The second kappa shape index (κ2) is 19.2. The Morgan fingerprint density at radius 2 is 1.83 bits per heavy atom. The van der Waals surface area contributed by atoms with Gasteiger partial charge < -0.3 is 45.3 Å². The molecule has 0 radical (unpaired) electrons. The Balaban J connectivity index is 1.18. The summed E-state index contributed by atoms with van der Waals surface area (Å²) in [5.41, 5.74) is 4.36. The molecule has 0 saturated heterocycles. The minimum atomic E-state index is -1.08. The van der Waals surface area contributed by atoms with Crippen LogP contribution in [0.25, 0.3) is 10.8 Å². The minimum absolute atomic E-state index is 0.0248. The molecule has 6 aromatic rings. The third kappa shape index (κ3) is 9.18. The number of aliphatic hydroxyl groups is 1. The molecular formula is C55H60N3O8-. The first-order valence-corrected chi connectivity index (χ1v) is 23.5. The molecule has 1 fully saturated rings. The number of fused-ring (bicyclic) bond motifs is 6. The van der Waals surface area contributed by atoms with Crippen LogP contribution in [-0.2, 0) is 29.5 Å². The molecule has 1 saturated carbocycles. The summed E-state index contributed by atoms with van der Waals surface area (Å²) in [5.74, 6) is -0.200. The van der Waals surface area contributed by atoms with Gasteiger partial charge in [0.1, 0.15) is 17.4 Å². The lowest BCUT2D eigenvalue weighted by Crippen LogP contribution is -2.50. The summed E-state index contributed by atoms with van der Waals surface area (Å²) in [6, 6.07) is 25.8. The van der Waals surface area contributed by atoms with Gasteiger partial charge >= 0.3 is 0 Å². The fourth-order valence-electron chi connectivity index (χ4n) is 11.5. The molecule has 7 atom stereocenters. The number of ether oxygens (including phenoxy) is 2. The maximum absolute atomic E-state index is 16.0. The van der Waals surface area contributed by atoms with E-state index in [-0.39, 0.29) is 59.2 Å². The standard InChI is InChI=1S/C55H60N3O8/c1-33-6-3-7-35(24-33)32-66-51-29-38(28-49(63)54(51)64)36-12-15-44-43-16-14-42(59)26-37(43)13-17-45(44)58-52-31-40(20-23-57-52)55(21-4-8-39(55)30-41-9-5-22-56-41)53(48(62)27-36)47(61)19-11-34-10-18-46(60)50(25-34)65-2/h3,5,7,9-10,13-14,16-18,20,22-23,25-26,28-29,31,33,35-36,39,47,53,59-61,63-64H,4,6,8,11-12,15,19,21,24,27,30,32H2,1-2H3,(H,57,58)/q-1/t33-,35-,36-,39-,47-,53-,55-/m1/s1. The average Bonchev–Trinajstić information content (AvgIpc) is 3.99. The Morgan fingerprint density at radius 3 is 2.65 bits per heavy atom. The van der Waals surface area contributed by atoms with Crippen LogP contribution in [-0.4, -0.2) is 56.1 Å². The largest absolute Gasteiger partial charge is 0.668 e. The number of aliphatic hydroxyl groups excluding tert-OH is 1. The number of hydrogen-bond donors (Lipinski definition) is 6. The van der Waals surface area contributed by atoms with Crippen molar-refractivity contribution in [1.29, 1.82) is 0 Å². The summed E-state index contributed by atoms with van der Waals surface area (Å²) in [6.45, 7) is 2.54. The van der Waals surface area contributed by atoms with E-state index in [0.717, 1.165) is 64.5 Å². The van der Waals surface area contributed by atoms with Crippen molar-refractivity contribution in [3.63, 3.8) is 0 Å². The zero-order chi connectivity index (χ0) is 46.0. The van der Waals surface area contributed by atoms with Crippen LogP contribution < -0.4 is 19.8 Å². The number of hydrogen-bond acceptors (Lipinski definition) is 10. The predicted molar refractivity (Wildman–Crippen MR) is 255 cm³/mol. The Labute approximate surface area is 386 Å². The first kappa shape index (κ1) is 44.7. The van der Waals surface area contributed by atoms with Gasteiger partial charge in [-0.2, -0.15) is 11.9 Å². The number of carbonyl (C=O) groups is 1. The van der Waals surface area contributed by atoms with Gasteiger partial charge in [-0.25, -0.2) is 4.98 Å². The summed E-state index contributed by atoms with van der Waals surface area (Å²) in [4.78, 5) is 25.5. The lowest BCUT2D eigenvalue weighted by molar-refractivity contribution is -0.132. The van der Waals surface area contributed by atoms with E-state index in [1.165, 1.54) is 7.11 Å². The quantitative estimate of drug-likeness (QED) is 0.0539. The van der Waals surface area contributed by atoms with E-state index >= 15 is 4.79 Å². The van der Waals surface area contributed by atoms with Crippen LogP contribution in [0.3, 0.4) is 0 Å². The van der Waals surface area contributed by atoms with Gasteiger partial charge in [-0.05, 0) is 163 Å². The highest BCUT2D eigenvalue weighted by molar-refractivity contribution is 5.92. The Hall–Kier alpha value is -6.46. The van der Waals surface area contributed by atoms with Gasteiger partial charge in [-0.1, -0.05) is 55.8 Å². The third-order valence-corrected chi connectivity index (χ3v) is 14.7. The number of carbonyl (C=O) groups excluding carboxylic acids is 1. The number of ketones is 1. The molecule has 1 aliphatic heterocycles. The van der Waals surface area contributed by atoms with E-state index < -0.39 is 23.4 Å². The van der Waals surface area contributed by atoms with E-state index in [1.807, 2.05) is 42.5 Å². The maximum atomic E-state index is 16.0. The summed E-state index contributed by atoms with van der Waals surface area (Å²) in [5, 5.41) is 61.8. The number of aromatic nitrogens is 2. The molecule has 0 amide bonds. The van der Waals surface area contributed by atoms with Crippen molar-refractivity contribution in [3.8, 4) is 34.5 Å². The summed E-state index contributed by atoms with van der Waals surface area (Å²) >= 11 is 0. The highest BCUT2D eigenvalue weighted by atomic mass is 16.5. The molecular weight excluding hydrogens is 831 g/mol. The van der Waals surface area contributed by atoms with Crippen molar-refractivity contribution >= 4 is 28.1 Å². The number of benzene rings is 4. The van der Waals surface area contributed by atoms with E-state index in [1.54, 1.807) is 48.8 Å². The maximum Gasteiger partial charge on any atom is 0.200 e. The molecule has 11 nitrogen and oxygen atoms in total. The van der Waals surface area contributed by atoms with Gasteiger partial charge in [-0.15, -0.1) is 0 Å². The van der Waals surface area contributed by atoms with Crippen LogP contribution in [0, 0.1) is 23.7 Å². The van der Waals surface area contributed by atoms with Crippen molar-refractivity contribution in [1.82, 2.24) is 9.97 Å². The SMILES string of the molecule is COc1cc(CC[C@@H](O)[C@@H]2C(=O)C[C@H](c3cc(O)c(O)c(OC[C@@H]4C=CC[C@@H](C)C4)c3)CCc3c(ccc4cc(O)ccc34)Nc3cc(ccn3)[C@]23CCC[C@@H]3Cc2ccc[n-]2)ccc1O. The van der Waals surface area contributed by atoms with Crippen LogP contribution in [0.2, 0.25) is 0 Å². The molecule has 3 heterocycles. The number of pyridine rings is 1. The fraction of sp³-hybridized carbons (Fsp3) is 0.382. The normalized spacial score (nSPS) is 23.6. The number of nitrogens with zero attached hydrogens (tertiary/aromatic N) is 2. The fourth-order valence-corrected chi connectivity index (χ4v) is 11.5. The van der Waals surface area contributed by atoms with Gasteiger partial charge in [0.25, 0.3) is 0 Å². The molecule has 66 heavy (non-hydrogen) atoms. The monoisotopic (exact) mass is 890 g/mol. The summed E-state index contributed by atoms with van der Waals surface area (Å²) in [6.07, 6.45) is 13.4. The van der Waals surface area contributed by atoms with Gasteiger partial charge in [0.2, 0.25) is 5.75 Å². The van der Waals surface area contributed by atoms with Crippen LogP contribution in [0.4, 0.5) is 11.5 Å². The number of phenolic OH excluding ortho intramolecular Hbond substituents is 4. The van der Waals surface area contributed by atoms with E-state index in [9.17, 15) is 25.5 Å². The second-order valence-corrected chi connectivity index (χ2v) is 19.0. The Bertz CT molecular complexity index is 2720. The van der Waals surface area contributed by atoms with Crippen molar-refractivity contribution in [2.24, 2.45) is 23.7 Å². The summed E-state index contributed by atoms with van der Waals surface area (Å²) in [7, 11) is 1.50. The zero-order valence-electron chi connectivity index (χ0n) is 37.7. The van der Waals surface area contributed by atoms with Crippen LogP contribution >= 0.6 is 0 Å². The molecule has 2 bridgehead atoms. The van der Waals surface area contributed by atoms with Crippen molar-refractivity contribution in [3.05, 3.63) is 137 Å². The first-order valence-electron chi connectivity index (χ1n) is 23.5. The number of anilines is 2. The van der Waals surface area contributed by atoms with Crippen LogP contribution in [0.5, 0.6) is 34.5 Å². The molecule has 0 unspecified atom stereocenters. The number of phenols is 4. The lowest BCUT2D eigenvalue weighted by atomic mass is 9.58. The van der Waals surface area contributed by atoms with Crippen LogP contribution in [0.15, 0.2) is 109 Å². The van der Waals surface area contributed by atoms with Gasteiger partial charge in [-0.3, -0.25) is 4.79 Å². The smallest absolute Gasteiger partial charge is 0.200 e. The summed E-state index contributed by atoms with van der Waals surface area (Å²) < 4.78 is 11.7. The number of rotatable bonds is 11. The van der Waals surface area contributed by atoms with E-state index in [0.29, 0.717) is 61.8 Å². The number of nitrogens with one attached hydrogen (secondary N) is 1. The zero-order valence-corrected chi connectivity index (χ0v) is 37.7. The molecule has 2 aliphatic carbocycles. The van der Waals surface area contributed by atoms with E-state index in [4.69, 9.17) is 19.4 Å². The molecule has 344 valence electrons. The minimum Gasteiger partial charge on any atom is -0.668 e. The topological polar surface area (TPSA) is 176 Å². The number of methoxy groups -OCH3 is 1. The average molecular weight is 891 g/mol. The molecule has 2 aromatic heterocycles. The van der Waals surface area contributed by atoms with Gasteiger partial charge in [0.05, 0.1) is 25.7 Å². The van der Waals surface area contributed by atoms with Crippen LogP contribution in [0.1, 0.15) is 92.2 Å². The Kier molecular flexibility index (Phi) is 13.0. The molecule has 9 rings (SSSR count). The molecule has 3 aliphatic rings. The highest BCUT2D eigenvalue weighted by Crippen LogP contribution is 2.55. The highest BCUT2D eigenvalue weighted by Gasteiger charge is 2.54. The van der Waals surface area contributed by atoms with Gasteiger partial charge in [0, 0.05) is 29.6 Å². The molecule has 4 aromatic carbocycles. The van der Waals surface area contributed by atoms with Gasteiger partial charge in [0.15, 0.2) is 23.0 Å². The number of aromatic hydroxyl groups is 4. The number of allylic oxidation sites excluding steroid dienone is 1. The number of Topliss-reactive ketones (excluding diaryl/α,β-unsaturated/α-hetero) is 1. The molecule has 1 spiro atoms. The number of aryl methyl sites for hydroxylation is 2.